The highest BCUT2D eigenvalue weighted by atomic mass is 32.1. The Balaban J connectivity index is 1.86. The van der Waals surface area contributed by atoms with E-state index in [0.717, 1.165) is 22.1 Å². The van der Waals surface area contributed by atoms with Crippen molar-refractivity contribution in [3.05, 3.63) is 52.6 Å². The van der Waals surface area contributed by atoms with Gasteiger partial charge in [-0.05, 0) is 19.9 Å². The third kappa shape index (κ3) is 2.92. The maximum absolute atomic E-state index is 12.8. The molecule has 1 amide bonds. The Hall–Kier alpha value is -2.41. The van der Waals surface area contributed by atoms with Crippen molar-refractivity contribution in [2.45, 2.75) is 20.4 Å². The summed E-state index contributed by atoms with van der Waals surface area (Å²) in [6, 6.07) is 1.93. The quantitative estimate of drug-likeness (QED) is 0.739. The maximum atomic E-state index is 12.8. The van der Waals surface area contributed by atoms with Gasteiger partial charge in [0.1, 0.15) is 0 Å². The largest absolute Gasteiger partial charge is 0.337 e. The van der Waals surface area contributed by atoms with E-state index in [1.807, 2.05) is 50.2 Å². The average molecular weight is 329 g/mol. The molecule has 0 aliphatic rings. The monoisotopic (exact) mass is 329 g/mol. The molecule has 3 aromatic rings. The second-order valence-corrected chi connectivity index (χ2v) is 6.49. The Bertz CT molecular complexity index is 831. The lowest BCUT2D eigenvalue weighted by molar-refractivity contribution is 0.0784. The minimum atomic E-state index is 0.00441. The van der Waals surface area contributed by atoms with E-state index in [4.69, 9.17) is 0 Å². The number of thiazole rings is 1. The van der Waals surface area contributed by atoms with Crippen molar-refractivity contribution in [3.8, 4) is 5.13 Å². The van der Waals surface area contributed by atoms with Crippen molar-refractivity contribution in [1.82, 2.24) is 24.2 Å². The van der Waals surface area contributed by atoms with Crippen molar-refractivity contribution in [2.75, 3.05) is 7.05 Å². The number of rotatable bonds is 4. The van der Waals surface area contributed by atoms with Crippen molar-refractivity contribution in [3.63, 3.8) is 0 Å². The molecule has 3 rings (SSSR count). The molecule has 7 heteroatoms. The molecule has 120 valence electrons. The Morgan fingerprint density at radius 3 is 2.78 bits per heavy atom. The SMILES string of the molecule is Cc1cc(C(=O)N(C)Cc2cnn(C)c2)c(C)n1-c1nccs1. The first-order valence-electron chi connectivity index (χ1n) is 7.29. The van der Waals surface area contributed by atoms with Gasteiger partial charge < -0.3 is 4.90 Å². The molecular weight excluding hydrogens is 310 g/mol. The van der Waals surface area contributed by atoms with Crippen LogP contribution in [-0.4, -0.2) is 37.2 Å². The molecule has 3 heterocycles. The summed E-state index contributed by atoms with van der Waals surface area (Å²) in [5.41, 5.74) is 3.65. The Kier molecular flexibility index (Phi) is 4.04. The fourth-order valence-electron chi connectivity index (χ4n) is 2.70. The average Bonchev–Trinajstić information content (AvgIpc) is 3.20. The van der Waals surface area contributed by atoms with Gasteiger partial charge in [-0.3, -0.25) is 14.0 Å². The number of carbonyl (C=O) groups is 1. The number of amides is 1. The van der Waals surface area contributed by atoms with Crippen LogP contribution in [0, 0.1) is 13.8 Å². The maximum Gasteiger partial charge on any atom is 0.255 e. The molecule has 0 aliphatic heterocycles. The van der Waals surface area contributed by atoms with E-state index in [1.54, 1.807) is 33.3 Å². The van der Waals surface area contributed by atoms with Crippen LogP contribution in [0.3, 0.4) is 0 Å². The first kappa shape index (κ1) is 15.5. The lowest BCUT2D eigenvalue weighted by atomic mass is 10.2. The zero-order chi connectivity index (χ0) is 16.6. The molecule has 0 unspecified atom stereocenters. The van der Waals surface area contributed by atoms with E-state index in [-0.39, 0.29) is 5.91 Å². The van der Waals surface area contributed by atoms with E-state index < -0.39 is 0 Å². The van der Waals surface area contributed by atoms with E-state index >= 15 is 0 Å². The summed E-state index contributed by atoms with van der Waals surface area (Å²) in [6.45, 7) is 4.49. The molecule has 0 saturated heterocycles. The lowest BCUT2D eigenvalue weighted by Gasteiger charge is -2.16. The van der Waals surface area contributed by atoms with E-state index in [1.165, 1.54) is 0 Å². The molecule has 0 aromatic carbocycles. The summed E-state index contributed by atoms with van der Waals surface area (Å²) in [7, 11) is 3.68. The molecule has 0 spiro atoms. The predicted octanol–water partition coefficient (Wildman–Crippen LogP) is 2.56. The smallest absolute Gasteiger partial charge is 0.255 e. The summed E-state index contributed by atoms with van der Waals surface area (Å²) >= 11 is 1.56. The number of hydrogen-bond acceptors (Lipinski definition) is 4. The van der Waals surface area contributed by atoms with Crippen LogP contribution in [0.25, 0.3) is 5.13 Å². The van der Waals surface area contributed by atoms with Crippen molar-refractivity contribution >= 4 is 17.2 Å². The predicted molar refractivity (Wildman–Crippen MR) is 89.9 cm³/mol. The zero-order valence-electron chi connectivity index (χ0n) is 13.6. The highest BCUT2D eigenvalue weighted by Crippen LogP contribution is 2.23. The number of aryl methyl sites for hydroxylation is 2. The Morgan fingerprint density at radius 1 is 1.39 bits per heavy atom. The van der Waals surface area contributed by atoms with Crippen LogP contribution in [0.2, 0.25) is 0 Å². The summed E-state index contributed by atoms with van der Waals surface area (Å²) in [4.78, 5) is 18.8. The van der Waals surface area contributed by atoms with E-state index in [9.17, 15) is 4.79 Å². The second-order valence-electron chi connectivity index (χ2n) is 5.62. The van der Waals surface area contributed by atoms with Gasteiger partial charge in [-0.1, -0.05) is 0 Å². The molecule has 3 aromatic heterocycles. The van der Waals surface area contributed by atoms with Crippen LogP contribution < -0.4 is 0 Å². The van der Waals surface area contributed by atoms with Crippen LogP contribution in [-0.2, 0) is 13.6 Å². The molecule has 0 atom stereocenters. The lowest BCUT2D eigenvalue weighted by Crippen LogP contribution is -2.26. The molecule has 0 N–H and O–H groups in total. The van der Waals surface area contributed by atoms with Crippen LogP contribution in [0.15, 0.2) is 30.0 Å². The minimum absolute atomic E-state index is 0.00441. The van der Waals surface area contributed by atoms with E-state index in [2.05, 4.69) is 10.1 Å². The molecule has 0 radical (unpaired) electrons. The van der Waals surface area contributed by atoms with Crippen LogP contribution in [0.1, 0.15) is 27.3 Å². The molecule has 0 bridgehead atoms. The number of carbonyl (C=O) groups excluding carboxylic acids is 1. The van der Waals surface area contributed by atoms with Gasteiger partial charge in [0, 0.05) is 55.4 Å². The Morgan fingerprint density at radius 2 is 2.17 bits per heavy atom. The third-order valence-corrected chi connectivity index (χ3v) is 4.55. The fourth-order valence-corrected chi connectivity index (χ4v) is 3.46. The molecular formula is C16H19N5OS. The number of nitrogens with zero attached hydrogens (tertiary/aromatic N) is 5. The van der Waals surface area contributed by atoms with Gasteiger partial charge in [0.15, 0.2) is 5.13 Å². The van der Waals surface area contributed by atoms with Gasteiger partial charge in [-0.2, -0.15) is 5.10 Å². The Labute approximate surface area is 139 Å². The van der Waals surface area contributed by atoms with Gasteiger partial charge in [-0.15, -0.1) is 11.3 Å². The van der Waals surface area contributed by atoms with Gasteiger partial charge in [0.25, 0.3) is 5.91 Å². The summed E-state index contributed by atoms with van der Waals surface area (Å²) < 4.78 is 3.76. The third-order valence-electron chi connectivity index (χ3n) is 3.80. The molecule has 0 aliphatic carbocycles. The number of aromatic nitrogens is 4. The van der Waals surface area contributed by atoms with Crippen molar-refractivity contribution in [2.24, 2.45) is 7.05 Å². The topological polar surface area (TPSA) is 56.0 Å². The van der Waals surface area contributed by atoms with Crippen molar-refractivity contribution in [1.29, 1.82) is 0 Å². The van der Waals surface area contributed by atoms with Gasteiger partial charge in [0.2, 0.25) is 0 Å². The molecule has 0 fully saturated rings. The van der Waals surface area contributed by atoms with Crippen LogP contribution in [0.5, 0.6) is 0 Å². The minimum Gasteiger partial charge on any atom is -0.337 e. The highest BCUT2D eigenvalue weighted by molar-refractivity contribution is 7.12. The zero-order valence-corrected chi connectivity index (χ0v) is 14.5. The van der Waals surface area contributed by atoms with Gasteiger partial charge in [0.05, 0.1) is 11.8 Å². The molecule has 0 saturated carbocycles. The van der Waals surface area contributed by atoms with Crippen LogP contribution in [0.4, 0.5) is 0 Å². The van der Waals surface area contributed by atoms with Gasteiger partial charge >= 0.3 is 0 Å². The molecule has 23 heavy (non-hydrogen) atoms. The second kappa shape index (κ2) is 6.00. The first-order valence-corrected chi connectivity index (χ1v) is 8.17. The normalized spacial score (nSPS) is 11.0. The summed E-state index contributed by atoms with van der Waals surface area (Å²) in [5.74, 6) is 0.00441. The summed E-state index contributed by atoms with van der Waals surface area (Å²) in [5, 5.41) is 6.96. The van der Waals surface area contributed by atoms with Gasteiger partial charge in [-0.25, -0.2) is 4.98 Å². The standard InChI is InChI=1S/C16H19N5OS/c1-11-7-14(12(2)21(11)16-17-5-6-23-16)15(22)19(3)9-13-8-18-20(4)10-13/h5-8,10H,9H2,1-4H3. The highest BCUT2D eigenvalue weighted by Gasteiger charge is 2.20. The fraction of sp³-hybridized carbons (Fsp3) is 0.312. The molecule has 6 nitrogen and oxygen atoms in total. The first-order chi connectivity index (χ1) is 11.0. The van der Waals surface area contributed by atoms with Crippen molar-refractivity contribution < 1.29 is 4.79 Å². The van der Waals surface area contributed by atoms with Crippen LogP contribution >= 0.6 is 11.3 Å². The number of hydrogen-bond donors (Lipinski definition) is 0. The summed E-state index contributed by atoms with van der Waals surface area (Å²) in [6.07, 6.45) is 5.47. The van der Waals surface area contributed by atoms with E-state index in [0.29, 0.717) is 12.1 Å².